The van der Waals surface area contributed by atoms with E-state index in [1.807, 2.05) is 0 Å². The lowest BCUT2D eigenvalue weighted by Gasteiger charge is -2.28. The first-order chi connectivity index (χ1) is 10.1. The van der Waals surface area contributed by atoms with Crippen molar-refractivity contribution in [1.29, 1.82) is 0 Å². The molecule has 0 radical (unpaired) electrons. The highest BCUT2D eigenvalue weighted by Crippen LogP contribution is 2.39. The quantitative estimate of drug-likeness (QED) is 0.781. The van der Waals surface area contributed by atoms with Crippen molar-refractivity contribution in [3.05, 3.63) is 34.9 Å². The van der Waals surface area contributed by atoms with Crippen molar-refractivity contribution in [2.45, 2.75) is 31.2 Å². The van der Waals surface area contributed by atoms with Crippen LogP contribution in [0.25, 0.3) is 0 Å². The summed E-state index contributed by atoms with van der Waals surface area (Å²) in [6.45, 7) is 0.812. The second kappa shape index (κ2) is 7.27. The van der Waals surface area contributed by atoms with Gasteiger partial charge in [0.2, 0.25) is 0 Å². The van der Waals surface area contributed by atoms with Crippen LogP contribution in [0.1, 0.15) is 35.6 Å². The van der Waals surface area contributed by atoms with Gasteiger partial charge in [0.15, 0.2) is 0 Å². The Balaban J connectivity index is 0.00000264. The molecule has 0 saturated carbocycles. The molecule has 0 aliphatic carbocycles. The van der Waals surface area contributed by atoms with Crippen LogP contribution in [0.5, 0.6) is 0 Å². The minimum absolute atomic E-state index is 0. The molecule has 23 heavy (non-hydrogen) atoms. The lowest BCUT2D eigenvalue weighted by atomic mass is 9.86. The van der Waals surface area contributed by atoms with Gasteiger partial charge < -0.3 is 10.5 Å². The predicted octanol–water partition coefficient (Wildman–Crippen LogP) is 4.57. The molecule has 1 aliphatic rings. The summed E-state index contributed by atoms with van der Waals surface area (Å²) in [5.74, 6) is -0.196. The Morgan fingerprint density at radius 3 is 1.74 bits per heavy atom. The lowest BCUT2D eigenvalue weighted by molar-refractivity contribution is -0.143. The molecule has 2 N–H and O–H groups in total. The summed E-state index contributed by atoms with van der Waals surface area (Å²) in [5, 5.41) is 0. The van der Waals surface area contributed by atoms with Crippen LogP contribution in [0, 0.1) is 5.92 Å². The molecule has 2 rings (SSSR count). The fraction of sp³-hybridized carbons (Fsp3) is 0.571. The van der Waals surface area contributed by atoms with Crippen LogP contribution in [0.2, 0.25) is 0 Å². The Morgan fingerprint density at radius 2 is 1.35 bits per heavy atom. The van der Waals surface area contributed by atoms with E-state index < -0.39 is 29.5 Å². The van der Waals surface area contributed by atoms with Gasteiger partial charge in [0.25, 0.3) is 0 Å². The fourth-order valence-electron chi connectivity index (χ4n) is 2.52. The van der Waals surface area contributed by atoms with Crippen LogP contribution in [0.3, 0.4) is 0 Å². The average molecular weight is 364 g/mol. The molecule has 0 amide bonds. The van der Waals surface area contributed by atoms with Gasteiger partial charge in [-0.05, 0) is 42.5 Å². The number of ether oxygens (including phenoxy) is 1. The molecule has 1 saturated heterocycles. The van der Waals surface area contributed by atoms with Crippen LogP contribution in [0.4, 0.5) is 26.3 Å². The molecule has 9 heteroatoms. The second-order valence-corrected chi connectivity index (χ2v) is 5.31. The van der Waals surface area contributed by atoms with E-state index in [1.165, 1.54) is 0 Å². The molecule has 0 spiro atoms. The highest BCUT2D eigenvalue weighted by atomic mass is 35.5. The highest BCUT2D eigenvalue weighted by molar-refractivity contribution is 5.85. The average Bonchev–Trinajstić information content (AvgIpc) is 2.45. The van der Waals surface area contributed by atoms with Gasteiger partial charge in [0, 0.05) is 19.3 Å². The first-order valence-electron chi connectivity index (χ1n) is 6.72. The second-order valence-electron chi connectivity index (χ2n) is 5.31. The molecule has 0 aromatic heterocycles. The summed E-state index contributed by atoms with van der Waals surface area (Å²) in [5.41, 5.74) is 3.09. The Kier molecular flexibility index (Phi) is 6.34. The molecule has 1 aliphatic heterocycles. The van der Waals surface area contributed by atoms with Gasteiger partial charge in [-0.1, -0.05) is 0 Å². The number of hydrogen-bond donors (Lipinski definition) is 1. The molecule has 132 valence electrons. The molecular formula is C14H16ClF6NO. The van der Waals surface area contributed by atoms with Gasteiger partial charge in [-0.15, -0.1) is 12.4 Å². The van der Waals surface area contributed by atoms with Crippen LogP contribution >= 0.6 is 12.4 Å². The number of rotatable bonds is 2. The zero-order valence-electron chi connectivity index (χ0n) is 11.9. The van der Waals surface area contributed by atoms with Crippen molar-refractivity contribution in [2.75, 3.05) is 13.2 Å². The molecule has 1 fully saturated rings. The van der Waals surface area contributed by atoms with E-state index in [1.54, 1.807) is 0 Å². The number of nitrogens with two attached hydrogens (primary N) is 1. The number of hydrogen-bond acceptors (Lipinski definition) is 2. The Morgan fingerprint density at radius 1 is 0.913 bits per heavy atom. The summed E-state index contributed by atoms with van der Waals surface area (Å²) in [6, 6.07) is 0.637. The first kappa shape index (κ1) is 20.1. The van der Waals surface area contributed by atoms with E-state index >= 15 is 0 Å². The molecule has 1 aromatic carbocycles. The van der Waals surface area contributed by atoms with Crippen molar-refractivity contribution in [1.82, 2.24) is 0 Å². The number of halogens is 7. The summed E-state index contributed by atoms with van der Waals surface area (Å²) in [4.78, 5) is 0. The largest absolute Gasteiger partial charge is 0.416 e. The summed E-state index contributed by atoms with van der Waals surface area (Å²) < 4.78 is 82.0. The molecule has 1 atom stereocenters. The SMILES string of the molecule is Cl.N[C@H](c1cc(C(F)(F)F)cc(C(F)(F)F)c1)C1CCOCC1. The molecule has 0 bridgehead atoms. The third-order valence-corrected chi connectivity index (χ3v) is 3.77. The smallest absolute Gasteiger partial charge is 0.381 e. The summed E-state index contributed by atoms with van der Waals surface area (Å²) >= 11 is 0. The topological polar surface area (TPSA) is 35.2 Å². The lowest BCUT2D eigenvalue weighted by Crippen LogP contribution is -2.28. The normalized spacial score (nSPS) is 18.4. The van der Waals surface area contributed by atoms with Crippen molar-refractivity contribution in [2.24, 2.45) is 11.7 Å². The maximum atomic E-state index is 12.8. The standard InChI is InChI=1S/C14H15F6NO.ClH/c15-13(16,17)10-5-9(6-11(7-10)14(18,19)20)12(21)8-1-3-22-4-2-8;/h5-8,12H,1-4,21H2;1H/t12-;/m0./s1. The maximum Gasteiger partial charge on any atom is 0.416 e. The van der Waals surface area contributed by atoms with Gasteiger partial charge in [-0.3, -0.25) is 0 Å². The Labute approximate surface area is 135 Å². The van der Waals surface area contributed by atoms with E-state index in [9.17, 15) is 26.3 Å². The summed E-state index contributed by atoms with van der Waals surface area (Å²) in [7, 11) is 0. The van der Waals surface area contributed by atoms with Crippen molar-refractivity contribution in [3.63, 3.8) is 0 Å². The summed E-state index contributed by atoms with van der Waals surface area (Å²) in [6.07, 6.45) is -8.69. The Bertz CT molecular complexity index is 493. The Hall–Kier alpha value is -0.990. The van der Waals surface area contributed by atoms with Gasteiger partial charge >= 0.3 is 12.4 Å². The van der Waals surface area contributed by atoms with Crippen LogP contribution in [-0.2, 0) is 17.1 Å². The molecular weight excluding hydrogens is 348 g/mol. The van der Waals surface area contributed by atoms with Crippen molar-refractivity contribution < 1.29 is 31.1 Å². The molecule has 1 heterocycles. The monoisotopic (exact) mass is 363 g/mol. The first-order valence-corrected chi connectivity index (χ1v) is 6.72. The van der Waals surface area contributed by atoms with Gasteiger partial charge in [0.1, 0.15) is 0 Å². The maximum absolute atomic E-state index is 12.8. The van der Waals surface area contributed by atoms with Crippen LogP contribution in [-0.4, -0.2) is 13.2 Å². The fourth-order valence-corrected chi connectivity index (χ4v) is 2.52. The number of benzene rings is 1. The van der Waals surface area contributed by atoms with E-state index in [2.05, 4.69) is 0 Å². The van der Waals surface area contributed by atoms with Crippen LogP contribution in [0.15, 0.2) is 18.2 Å². The van der Waals surface area contributed by atoms with E-state index in [0.717, 1.165) is 0 Å². The number of alkyl halides is 6. The zero-order chi connectivity index (χ0) is 16.5. The highest BCUT2D eigenvalue weighted by Gasteiger charge is 2.38. The van der Waals surface area contributed by atoms with E-state index in [4.69, 9.17) is 10.5 Å². The van der Waals surface area contributed by atoms with E-state index in [0.29, 0.717) is 38.2 Å². The third-order valence-electron chi connectivity index (χ3n) is 3.77. The zero-order valence-corrected chi connectivity index (χ0v) is 12.7. The van der Waals surface area contributed by atoms with Crippen LogP contribution < -0.4 is 5.73 Å². The van der Waals surface area contributed by atoms with Gasteiger partial charge in [0.05, 0.1) is 11.1 Å². The van der Waals surface area contributed by atoms with Crippen molar-refractivity contribution >= 4 is 12.4 Å². The van der Waals surface area contributed by atoms with E-state index in [-0.39, 0.29) is 30.0 Å². The van der Waals surface area contributed by atoms with Gasteiger partial charge in [-0.2, -0.15) is 26.3 Å². The van der Waals surface area contributed by atoms with Crippen molar-refractivity contribution in [3.8, 4) is 0 Å². The molecule has 0 unspecified atom stereocenters. The predicted molar refractivity (Wildman–Crippen MR) is 74.2 cm³/mol. The molecule has 2 nitrogen and oxygen atoms in total. The molecule has 1 aromatic rings. The van der Waals surface area contributed by atoms with Gasteiger partial charge in [-0.25, -0.2) is 0 Å². The third kappa shape index (κ3) is 4.99. The minimum atomic E-state index is -4.86. The minimum Gasteiger partial charge on any atom is -0.381 e.